The second-order valence-electron chi connectivity index (χ2n) is 4.88. The molecular weight excluding hydrogens is 245 g/mol. The Morgan fingerprint density at radius 2 is 2.05 bits per heavy atom. The monoisotopic (exact) mass is 269 g/mol. The van der Waals surface area contributed by atoms with Crippen molar-refractivity contribution in [2.75, 3.05) is 20.2 Å². The van der Waals surface area contributed by atoms with Crippen LogP contribution in [0.4, 0.5) is 4.39 Å². The predicted molar refractivity (Wildman–Crippen MR) is 74.9 cm³/mol. The number of hydrogen-bond donors (Lipinski definition) is 1. The van der Waals surface area contributed by atoms with Crippen LogP contribution in [-0.4, -0.2) is 36.2 Å². The lowest BCUT2D eigenvalue weighted by molar-refractivity contribution is 0.127. The summed E-state index contributed by atoms with van der Waals surface area (Å²) >= 11 is 0. The van der Waals surface area contributed by atoms with E-state index >= 15 is 0 Å². The van der Waals surface area contributed by atoms with Gasteiger partial charge in [-0.05, 0) is 38.9 Å². The number of ether oxygens (including phenoxy) is 1. The SMILES string of the molecule is CCN(CCC(O)c1c(F)cccc1OC)C(C)C. The van der Waals surface area contributed by atoms with E-state index in [9.17, 15) is 9.50 Å². The van der Waals surface area contributed by atoms with Crippen molar-refractivity contribution in [1.82, 2.24) is 4.90 Å². The predicted octanol–water partition coefficient (Wildman–Crippen LogP) is 2.99. The first-order valence-corrected chi connectivity index (χ1v) is 6.75. The number of halogens is 1. The van der Waals surface area contributed by atoms with Gasteiger partial charge in [0.2, 0.25) is 0 Å². The molecule has 0 saturated heterocycles. The Morgan fingerprint density at radius 1 is 1.37 bits per heavy atom. The van der Waals surface area contributed by atoms with E-state index in [0.717, 1.165) is 13.1 Å². The molecular formula is C15H24FNO2. The van der Waals surface area contributed by atoms with Crippen molar-refractivity contribution in [3.63, 3.8) is 0 Å². The van der Waals surface area contributed by atoms with Gasteiger partial charge in [-0.1, -0.05) is 13.0 Å². The summed E-state index contributed by atoms with van der Waals surface area (Å²) in [5.74, 6) is -0.0143. The molecule has 19 heavy (non-hydrogen) atoms. The normalized spacial score (nSPS) is 13.1. The minimum atomic E-state index is -0.844. The summed E-state index contributed by atoms with van der Waals surface area (Å²) < 4.78 is 18.9. The number of rotatable bonds is 7. The van der Waals surface area contributed by atoms with Gasteiger partial charge in [0.15, 0.2) is 0 Å². The molecule has 4 heteroatoms. The highest BCUT2D eigenvalue weighted by molar-refractivity contribution is 5.36. The van der Waals surface area contributed by atoms with Crippen LogP contribution in [0.15, 0.2) is 18.2 Å². The number of methoxy groups -OCH3 is 1. The molecule has 3 nitrogen and oxygen atoms in total. The highest BCUT2D eigenvalue weighted by Crippen LogP contribution is 2.29. The zero-order valence-electron chi connectivity index (χ0n) is 12.2. The third-order valence-corrected chi connectivity index (χ3v) is 3.39. The molecule has 0 amide bonds. The lowest BCUT2D eigenvalue weighted by Gasteiger charge is -2.26. The molecule has 0 radical (unpaired) electrons. The van der Waals surface area contributed by atoms with E-state index in [0.29, 0.717) is 18.2 Å². The lowest BCUT2D eigenvalue weighted by Crippen LogP contribution is -2.32. The van der Waals surface area contributed by atoms with E-state index in [4.69, 9.17) is 4.74 Å². The smallest absolute Gasteiger partial charge is 0.132 e. The Bertz CT molecular complexity index is 396. The number of benzene rings is 1. The van der Waals surface area contributed by atoms with Gasteiger partial charge in [-0.3, -0.25) is 0 Å². The van der Waals surface area contributed by atoms with Crippen LogP contribution in [0.2, 0.25) is 0 Å². The summed E-state index contributed by atoms with van der Waals surface area (Å²) in [6, 6.07) is 5.01. The molecule has 0 aliphatic heterocycles. The van der Waals surface area contributed by atoms with Crippen LogP contribution in [0.25, 0.3) is 0 Å². The molecule has 0 aliphatic carbocycles. The van der Waals surface area contributed by atoms with E-state index < -0.39 is 11.9 Å². The van der Waals surface area contributed by atoms with Crippen LogP contribution < -0.4 is 4.74 Å². The van der Waals surface area contributed by atoms with Crippen LogP contribution in [-0.2, 0) is 0 Å². The lowest BCUT2D eigenvalue weighted by atomic mass is 10.0. The maximum Gasteiger partial charge on any atom is 0.132 e. The van der Waals surface area contributed by atoms with E-state index in [1.807, 2.05) is 0 Å². The summed E-state index contributed by atoms with van der Waals surface area (Å²) in [4.78, 5) is 2.23. The van der Waals surface area contributed by atoms with Crippen LogP contribution >= 0.6 is 0 Å². The Labute approximate surface area is 115 Å². The van der Waals surface area contributed by atoms with Crippen molar-refractivity contribution in [2.45, 2.75) is 39.3 Å². The summed E-state index contributed by atoms with van der Waals surface area (Å²) in [7, 11) is 1.48. The van der Waals surface area contributed by atoms with E-state index in [-0.39, 0.29) is 5.56 Å². The quantitative estimate of drug-likeness (QED) is 0.826. The fourth-order valence-corrected chi connectivity index (χ4v) is 2.23. The highest BCUT2D eigenvalue weighted by atomic mass is 19.1. The van der Waals surface area contributed by atoms with E-state index in [1.54, 1.807) is 12.1 Å². The second-order valence-corrected chi connectivity index (χ2v) is 4.88. The molecule has 0 fully saturated rings. The van der Waals surface area contributed by atoms with Crippen LogP contribution in [0, 0.1) is 5.82 Å². The molecule has 0 spiro atoms. The van der Waals surface area contributed by atoms with Gasteiger partial charge in [0.25, 0.3) is 0 Å². The van der Waals surface area contributed by atoms with Gasteiger partial charge >= 0.3 is 0 Å². The minimum Gasteiger partial charge on any atom is -0.496 e. The van der Waals surface area contributed by atoms with Gasteiger partial charge in [0.1, 0.15) is 11.6 Å². The van der Waals surface area contributed by atoms with Gasteiger partial charge in [-0.15, -0.1) is 0 Å². The van der Waals surface area contributed by atoms with Gasteiger partial charge in [-0.2, -0.15) is 0 Å². The average molecular weight is 269 g/mol. The first kappa shape index (κ1) is 15.9. The zero-order valence-corrected chi connectivity index (χ0v) is 12.2. The maximum atomic E-state index is 13.8. The van der Waals surface area contributed by atoms with Crippen molar-refractivity contribution in [2.24, 2.45) is 0 Å². The molecule has 1 aromatic rings. The molecule has 1 aromatic carbocycles. The van der Waals surface area contributed by atoms with Crippen LogP contribution in [0.1, 0.15) is 38.9 Å². The van der Waals surface area contributed by atoms with Crippen molar-refractivity contribution >= 4 is 0 Å². The zero-order chi connectivity index (χ0) is 14.4. The van der Waals surface area contributed by atoms with Crippen molar-refractivity contribution in [1.29, 1.82) is 0 Å². The molecule has 1 unspecified atom stereocenters. The van der Waals surface area contributed by atoms with Crippen LogP contribution in [0.5, 0.6) is 5.75 Å². The molecule has 1 rings (SSSR count). The van der Waals surface area contributed by atoms with Gasteiger partial charge in [-0.25, -0.2) is 4.39 Å². The van der Waals surface area contributed by atoms with Crippen molar-refractivity contribution in [3.05, 3.63) is 29.6 Å². The van der Waals surface area contributed by atoms with Gasteiger partial charge in [0, 0.05) is 12.6 Å². The molecule has 108 valence electrons. The number of aliphatic hydroxyl groups excluding tert-OH is 1. The first-order chi connectivity index (χ1) is 9.01. The molecule has 0 bridgehead atoms. The second kappa shape index (κ2) is 7.46. The maximum absolute atomic E-state index is 13.8. The van der Waals surface area contributed by atoms with E-state index in [2.05, 4.69) is 25.7 Å². The largest absolute Gasteiger partial charge is 0.496 e. The molecule has 0 aliphatic rings. The summed E-state index contributed by atoms with van der Waals surface area (Å²) in [5.41, 5.74) is 0.254. The molecule has 0 saturated carbocycles. The number of hydrogen-bond acceptors (Lipinski definition) is 3. The van der Waals surface area contributed by atoms with Crippen molar-refractivity contribution < 1.29 is 14.2 Å². The minimum absolute atomic E-state index is 0.254. The van der Waals surface area contributed by atoms with Crippen LogP contribution in [0.3, 0.4) is 0 Å². The summed E-state index contributed by atoms with van der Waals surface area (Å²) in [5, 5.41) is 10.2. The molecule has 0 heterocycles. The molecule has 1 N–H and O–H groups in total. The fourth-order valence-electron chi connectivity index (χ4n) is 2.23. The standard InChI is InChI=1S/C15H24FNO2/c1-5-17(11(2)3)10-9-13(18)15-12(16)7-6-8-14(15)19-4/h6-8,11,13,18H,5,9-10H2,1-4H3. The average Bonchev–Trinajstić information content (AvgIpc) is 2.38. The van der Waals surface area contributed by atoms with Crippen molar-refractivity contribution in [3.8, 4) is 5.75 Å². The van der Waals surface area contributed by atoms with Gasteiger partial charge in [0.05, 0.1) is 18.8 Å². The first-order valence-electron chi connectivity index (χ1n) is 6.75. The Morgan fingerprint density at radius 3 is 2.58 bits per heavy atom. The Kier molecular flexibility index (Phi) is 6.25. The summed E-state index contributed by atoms with van der Waals surface area (Å²) in [6.45, 7) is 7.95. The number of nitrogens with zero attached hydrogens (tertiary/aromatic N) is 1. The summed E-state index contributed by atoms with van der Waals surface area (Å²) in [6.07, 6.45) is -0.354. The third-order valence-electron chi connectivity index (χ3n) is 3.39. The topological polar surface area (TPSA) is 32.7 Å². The highest BCUT2D eigenvalue weighted by Gasteiger charge is 2.19. The number of aliphatic hydroxyl groups is 1. The fraction of sp³-hybridized carbons (Fsp3) is 0.600. The third kappa shape index (κ3) is 4.18. The Balaban J connectivity index is 2.75. The molecule has 1 atom stereocenters. The van der Waals surface area contributed by atoms with E-state index in [1.165, 1.54) is 13.2 Å². The molecule has 0 aromatic heterocycles. The van der Waals surface area contributed by atoms with Gasteiger partial charge < -0.3 is 14.7 Å². The Hall–Kier alpha value is -1.13.